The fraction of sp³-hybridized carbons (Fsp3) is 0.333. The molecule has 0 radical (unpaired) electrons. The van der Waals surface area contributed by atoms with Gasteiger partial charge in [-0.15, -0.1) is 0 Å². The van der Waals surface area contributed by atoms with E-state index in [-0.39, 0.29) is 42.9 Å². The molecule has 0 aromatic heterocycles. The summed E-state index contributed by atoms with van der Waals surface area (Å²) in [7, 11) is 0. The van der Waals surface area contributed by atoms with Gasteiger partial charge in [-0.2, -0.15) is 0 Å². The predicted octanol–water partition coefficient (Wildman–Crippen LogP) is 0.777. The number of imide groups is 2. The van der Waals surface area contributed by atoms with Gasteiger partial charge >= 0.3 is 0 Å². The van der Waals surface area contributed by atoms with Crippen molar-refractivity contribution in [1.29, 1.82) is 0 Å². The van der Waals surface area contributed by atoms with Crippen LogP contribution >= 0.6 is 0 Å². The summed E-state index contributed by atoms with van der Waals surface area (Å²) < 4.78 is 5.43. The summed E-state index contributed by atoms with van der Waals surface area (Å²) in [5.74, 6) is -2.17. The van der Waals surface area contributed by atoms with Crippen LogP contribution in [0.1, 0.15) is 33.6 Å². The van der Waals surface area contributed by atoms with Crippen LogP contribution in [-0.4, -0.2) is 47.7 Å². The van der Waals surface area contributed by atoms with Crippen LogP contribution in [0.2, 0.25) is 0 Å². The molecule has 1 aromatic carbocycles. The lowest BCUT2D eigenvalue weighted by Gasteiger charge is -2.27. The quantitative estimate of drug-likeness (QED) is 0.276. The Hall–Kier alpha value is -3.39. The number of hydrogen-bond donors (Lipinski definition) is 1. The second-order valence-electron chi connectivity index (χ2n) is 5.43. The Labute approximate surface area is 141 Å². The van der Waals surface area contributed by atoms with Gasteiger partial charge in [-0.25, -0.2) is 0 Å². The summed E-state index contributed by atoms with van der Waals surface area (Å²) in [5, 5.41) is 5.46. The van der Waals surface area contributed by atoms with Crippen molar-refractivity contribution in [3.8, 4) is 5.75 Å². The Balaban J connectivity index is 1.87. The number of carbonyl (C=O) groups excluding carboxylic acids is 4. The summed E-state index contributed by atoms with van der Waals surface area (Å²) in [6.45, 7) is 0.111. The SMILES string of the molecule is [N-]=[N+]=NCCOc1cccc2c1C(=O)N(C1CCC(=O)NC1=O)C2=O. The number of nitrogens with one attached hydrogen (secondary N) is 1. The third kappa shape index (κ3) is 2.90. The molecule has 1 fully saturated rings. The predicted molar refractivity (Wildman–Crippen MR) is 82.6 cm³/mol. The highest BCUT2D eigenvalue weighted by Gasteiger charge is 2.45. The van der Waals surface area contributed by atoms with E-state index < -0.39 is 29.7 Å². The van der Waals surface area contributed by atoms with E-state index >= 15 is 0 Å². The molecule has 10 nitrogen and oxygen atoms in total. The molecule has 2 aliphatic heterocycles. The Kier molecular flexibility index (Phi) is 4.36. The van der Waals surface area contributed by atoms with E-state index in [0.29, 0.717) is 0 Å². The zero-order chi connectivity index (χ0) is 18.0. The largest absolute Gasteiger partial charge is 0.493 e. The number of azide groups is 1. The Morgan fingerprint density at radius 2 is 2.08 bits per heavy atom. The highest BCUT2D eigenvalue weighted by molar-refractivity contribution is 6.24. The van der Waals surface area contributed by atoms with Crippen LogP contribution in [0, 0.1) is 0 Å². The van der Waals surface area contributed by atoms with Crippen LogP contribution in [0.3, 0.4) is 0 Å². The number of amides is 4. The minimum Gasteiger partial charge on any atom is -0.493 e. The van der Waals surface area contributed by atoms with Crippen LogP contribution in [0.25, 0.3) is 10.4 Å². The Morgan fingerprint density at radius 3 is 2.80 bits per heavy atom. The zero-order valence-electron chi connectivity index (χ0n) is 13.0. The minimum atomic E-state index is -1.03. The van der Waals surface area contributed by atoms with E-state index in [1.807, 2.05) is 0 Å². The van der Waals surface area contributed by atoms with E-state index in [4.69, 9.17) is 10.3 Å². The highest BCUT2D eigenvalue weighted by atomic mass is 16.5. The molecule has 1 N–H and O–H groups in total. The second-order valence-corrected chi connectivity index (χ2v) is 5.43. The first-order chi connectivity index (χ1) is 12.0. The number of benzene rings is 1. The molecule has 10 heteroatoms. The molecule has 128 valence electrons. The summed E-state index contributed by atoms with van der Waals surface area (Å²) >= 11 is 0. The van der Waals surface area contributed by atoms with Crippen molar-refractivity contribution in [2.24, 2.45) is 5.11 Å². The molecule has 1 atom stereocenters. The van der Waals surface area contributed by atoms with Crippen LogP contribution in [-0.2, 0) is 9.59 Å². The maximum Gasteiger partial charge on any atom is 0.266 e. The number of ether oxygens (including phenoxy) is 1. The average molecular weight is 343 g/mol. The molecule has 1 saturated heterocycles. The van der Waals surface area contributed by atoms with Gasteiger partial charge in [0.05, 0.1) is 24.3 Å². The highest BCUT2D eigenvalue weighted by Crippen LogP contribution is 2.33. The standard InChI is InChI=1S/C15H13N5O5/c16-19-17-6-7-25-10-3-1-2-8-12(10)15(24)20(14(8)23)9-4-5-11(21)18-13(9)22/h1-3,9H,4-7H2,(H,18,21,22). The van der Waals surface area contributed by atoms with Crippen LogP contribution in [0.4, 0.5) is 0 Å². The molecule has 0 saturated carbocycles. The fourth-order valence-corrected chi connectivity index (χ4v) is 2.85. The van der Waals surface area contributed by atoms with Gasteiger partial charge in [0.1, 0.15) is 11.8 Å². The van der Waals surface area contributed by atoms with Gasteiger partial charge in [0.25, 0.3) is 11.8 Å². The van der Waals surface area contributed by atoms with Crippen molar-refractivity contribution >= 4 is 23.6 Å². The molecule has 2 heterocycles. The molecule has 25 heavy (non-hydrogen) atoms. The summed E-state index contributed by atoms with van der Waals surface area (Å²) in [6, 6.07) is 3.53. The molecule has 1 unspecified atom stereocenters. The van der Waals surface area contributed by atoms with Crippen molar-refractivity contribution in [2.45, 2.75) is 18.9 Å². The number of nitrogens with zero attached hydrogens (tertiary/aromatic N) is 4. The summed E-state index contributed by atoms with van der Waals surface area (Å²) in [4.78, 5) is 52.0. The van der Waals surface area contributed by atoms with Crippen LogP contribution < -0.4 is 10.1 Å². The Morgan fingerprint density at radius 1 is 1.28 bits per heavy atom. The first-order valence-electron chi connectivity index (χ1n) is 7.53. The molecule has 0 aliphatic carbocycles. The monoisotopic (exact) mass is 343 g/mol. The van der Waals surface area contributed by atoms with Gasteiger partial charge in [0.15, 0.2) is 0 Å². The fourth-order valence-electron chi connectivity index (χ4n) is 2.85. The van der Waals surface area contributed by atoms with Gasteiger partial charge in [-0.1, -0.05) is 11.2 Å². The normalized spacial score (nSPS) is 19.4. The lowest BCUT2D eigenvalue weighted by atomic mass is 10.0. The number of carbonyl (C=O) groups is 4. The lowest BCUT2D eigenvalue weighted by molar-refractivity contribution is -0.136. The first-order valence-corrected chi connectivity index (χ1v) is 7.53. The van der Waals surface area contributed by atoms with Crippen LogP contribution in [0.15, 0.2) is 23.3 Å². The lowest BCUT2D eigenvalue weighted by Crippen LogP contribution is -2.54. The minimum absolute atomic E-state index is 0.0421. The van der Waals surface area contributed by atoms with Crippen molar-refractivity contribution in [1.82, 2.24) is 10.2 Å². The van der Waals surface area contributed by atoms with E-state index in [9.17, 15) is 19.2 Å². The average Bonchev–Trinajstić information content (AvgIpc) is 2.84. The topological polar surface area (TPSA) is 142 Å². The van der Waals surface area contributed by atoms with E-state index in [0.717, 1.165) is 4.90 Å². The van der Waals surface area contributed by atoms with Gasteiger partial charge in [-0.05, 0) is 24.1 Å². The molecule has 4 amide bonds. The number of piperidine rings is 1. The van der Waals surface area contributed by atoms with Crippen molar-refractivity contribution in [2.75, 3.05) is 13.2 Å². The molecule has 0 bridgehead atoms. The van der Waals surface area contributed by atoms with Crippen molar-refractivity contribution < 1.29 is 23.9 Å². The first kappa shape index (κ1) is 16.5. The summed E-state index contributed by atoms with van der Waals surface area (Å²) in [5.41, 5.74) is 8.46. The number of fused-ring (bicyclic) bond motifs is 1. The molecular formula is C15H13N5O5. The van der Waals surface area contributed by atoms with E-state index in [1.54, 1.807) is 6.07 Å². The van der Waals surface area contributed by atoms with E-state index in [2.05, 4.69) is 15.3 Å². The number of rotatable bonds is 5. The van der Waals surface area contributed by atoms with Gasteiger partial charge in [-0.3, -0.25) is 29.4 Å². The van der Waals surface area contributed by atoms with Gasteiger partial charge < -0.3 is 4.74 Å². The van der Waals surface area contributed by atoms with E-state index in [1.165, 1.54) is 12.1 Å². The Bertz CT molecular complexity index is 830. The second kappa shape index (κ2) is 6.62. The maximum absolute atomic E-state index is 12.7. The van der Waals surface area contributed by atoms with Crippen LogP contribution in [0.5, 0.6) is 5.75 Å². The molecule has 3 rings (SSSR count). The van der Waals surface area contributed by atoms with Gasteiger partial charge in [0, 0.05) is 11.3 Å². The zero-order valence-corrected chi connectivity index (χ0v) is 13.0. The summed E-state index contributed by atoms with van der Waals surface area (Å²) in [6.07, 6.45) is 0.141. The molecule has 1 aromatic rings. The molecule has 2 aliphatic rings. The van der Waals surface area contributed by atoms with Gasteiger partial charge in [0.2, 0.25) is 11.8 Å². The molecular weight excluding hydrogens is 330 g/mol. The smallest absolute Gasteiger partial charge is 0.266 e. The van der Waals surface area contributed by atoms with Crippen molar-refractivity contribution in [3.05, 3.63) is 39.8 Å². The third-order valence-corrected chi connectivity index (χ3v) is 3.94. The maximum atomic E-state index is 12.7. The van der Waals surface area contributed by atoms with Crippen molar-refractivity contribution in [3.63, 3.8) is 0 Å². The third-order valence-electron chi connectivity index (χ3n) is 3.94. The molecule has 0 spiro atoms. The number of hydrogen-bond acceptors (Lipinski definition) is 6.